The number of nitrogens with two attached hydrogens (primary N) is 1. The highest BCUT2D eigenvalue weighted by molar-refractivity contribution is 7.90. The lowest BCUT2D eigenvalue weighted by Crippen LogP contribution is -2.47. The van der Waals surface area contributed by atoms with E-state index >= 15 is 0 Å². The zero-order chi connectivity index (χ0) is 70.7. The van der Waals surface area contributed by atoms with Crippen molar-refractivity contribution in [1.29, 1.82) is 0 Å². The van der Waals surface area contributed by atoms with Gasteiger partial charge in [-0.1, -0.05) is 55.1 Å². The third-order valence-corrected chi connectivity index (χ3v) is 16.3. The highest BCUT2D eigenvalue weighted by Gasteiger charge is 2.34. The van der Waals surface area contributed by atoms with Crippen LogP contribution in [0.3, 0.4) is 0 Å². The van der Waals surface area contributed by atoms with Crippen molar-refractivity contribution in [2.45, 2.75) is 88.9 Å². The van der Waals surface area contributed by atoms with E-state index in [4.69, 9.17) is 75.9 Å². The number of halogens is 4. The minimum absolute atomic E-state index is 0.0412. The smallest absolute Gasteiger partial charge is 0.335 e. The topological polar surface area (TPSA) is 405 Å². The van der Waals surface area contributed by atoms with Crippen LogP contribution >= 0.6 is 53.7 Å². The predicted octanol–water partition coefficient (Wildman–Crippen LogP) is 6.43. The fraction of sp³-hybridized carbons (Fsp3) is 0.421. The number of carboxylic acids is 1. The van der Waals surface area contributed by atoms with E-state index < -0.39 is 57.0 Å². The zero-order valence-electron chi connectivity index (χ0n) is 53.3. The molecule has 0 spiro atoms. The third kappa shape index (κ3) is 22.8. The number of fused-ring (bicyclic) bond motifs is 3. The Labute approximate surface area is 566 Å². The number of terminal acetylenes is 1. The van der Waals surface area contributed by atoms with E-state index in [2.05, 4.69) is 75.0 Å². The molecule has 0 saturated heterocycles. The number of carbonyl (C=O) groups excluding carboxylic acids is 4. The Bertz CT molecular complexity index is 3990. The number of pyridine rings is 1. The molecule has 31 nitrogen and oxygen atoms in total. The highest BCUT2D eigenvalue weighted by atomic mass is 35.5. The number of sulfonamides is 1. The summed E-state index contributed by atoms with van der Waals surface area (Å²) in [6.07, 6.45) is 7.41. The summed E-state index contributed by atoms with van der Waals surface area (Å²) < 4.78 is 79.2. The number of ether oxygens (including phenoxy) is 4. The number of nitrogens with one attached hydrogen (secondary N) is 4. The number of aliphatic carboxylic acids is 1. The Hall–Kier alpha value is -8.55. The van der Waals surface area contributed by atoms with Gasteiger partial charge < -0.3 is 59.7 Å². The average Bonchev–Trinajstić information content (AvgIpc) is 1.77. The number of urea groups is 1. The predicted molar refractivity (Wildman–Crippen MR) is 356 cm³/mol. The molecule has 0 aliphatic carbocycles. The lowest BCUT2D eigenvalue weighted by Gasteiger charge is -2.35. The van der Waals surface area contributed by atoms with Gasteiger partial charge in [-0.25, -0.2) is 23.9 Å². The Kier molecular flexibility index (Phi) is 28.2. The molecule has 0 saturated carbocycles. The van der Waals surface area contributed by atoms with E-state index in [1.54, 1.807) is 9.62 Å². The molecule has 3 aliphatic rings. The summed E-state index contributed by atoms with van der Waals surface area (Å²) in [6, 6.07) is 12.2. The average molecular weight is 1440 g/mol. The number of hydrogen-bond donors (Lipinski definition) is 7. The molecule has 95 heavy (non-hydrogen) atoms. The number of alkyl halides is 2. The number of carboxylic acid groups (broad SMARTS) is 1. The van der Waals surface area contributed by atoms with Gasteiger partial charge in [-0.05, 0) is 81.5 Å². The van der Waals surface area contributed by atoms with Gasteiger partial charge in [0.05, 0.1) is 49.8 Å². The van der Waals surface area contributed by atoms with Gasteiger partial charge in [0.15, 0.2) is 29.7 Å². The van der Waals surface area contributed by atoms with Crippen LogP contribution in [0.1, 0.15) is 64.1 Å². The normalized spacial score (nSPS) is 15.1. The Morgan fingerprint density at radius 1 is 1.00 bits per heavy atom. The quantitative estimate of drug-likeness (QED) is 0.0294. The molecule has 38 heteroatoms. The van der Waals surface area contributed by atoms with Gasteiger partial charge in [0.2, 0.25) is 39.7 Å². The summed E-state index contributed by atoms with van der Waals surface area (Å²) in [7, 11) is -1.95. The molecule has 4 aromatic heterocycles. The van der Waals surface area contributed by atoms with E-state index in [-0.39, 0.29) is 89.3 Å². The second kappa shape index (κ2) is 34.7. The van der Waals surface area contributed by atoms with Gasteiger partial charge in [0.1, 0.15) is 35.7 Å². The van der Waals surface area contributed by atoms with Crippen molar-refractivity contribution < 1.29 is 70.3 Å². The lowest BCUT2D eigenvalue weighted by molar-refractivity contribution is -0.138. The first kappa shape index (κ1) is 77.2. The zero-order valence-corrected chi connectivity index (χ0v) is 58.1. The Morgan fingerprint density at radius 2 is 1.66 bits per heavy atom. The maximum Gasteiger partial charge on any atom is 0.335 e. The van der Waals surface area contributed by atoms with Gasteiger partial charge in [0, 0.05) is 76.3 Å². The monoisotopic (exact) mass is 1440 g/mol. The molecule has 8 N–H and O–H groups in total. The molecule has 0 fully saturated rings. The maximum atomic E-state index is 14.5. The maximum absolute atomic E-state index is 14.5. The number of aromatic nitrogens is 8. The van der Waals surface area contributed by atoms with Crippen LogP contribution in [0.25, 0.3) is 0 Å². The van der Waals surface area contributed by atoms with Crippen LogP contribution in [0, 0.1) is 23.6 Å². The number of benzene rings is 2. The highest BCUT2D eigenvalue weighted by Crippen LogP contribution is 2.39. The molecular weight excluding hydrogens is 1370 g/mol. The number of carbonyl (C=O) groups is 5. The van der Waals surface area contributed by atoms with Crippen molar-refractivity contribution in [3.8, 4) is 35.6 Å². The van der Waals surface area contributed by atoms with Crippen LogP contribution in [-0.4, -0.2) is 182 Å². The van der Waals surface area contributed by atoms with E-state index in [9.17, 15) is 41.3 Å². The molecule has 3 atom stereocenters. The molecule has 7 heterocycles. The van der Waals surface area contributed by atoms with Gasteiger partial charge in [0.25, 0.3) is 27.7 Å². The van der Waals surface area contributed by atoms with Crippen molar-refractivity contribution >= 4 is 128 Å². The fourth-order valence-electron chi connectivity index (χ4n) is 8.37. The second-order valence-electron chi connectivity index (χ2n) is 21.8. The van der Waals surface area contributed by atoms with Crippen LogP contribution in [0.15, 0.2) is 70.8 Å². The van der Waals surface area contributed by atoms with Gasteiger partial charge in [-0.3, -0.25) is 34.0 Å². The summed E-state index contributed by atoms with van der Waals surface area (Å²) in [5.74, 6) is 2.48. The van der Waals surface area contributed by atoms with Crippen molar-refractivity contribution in [3.63, 3.8) is 0 Å². The molecule has 5 amide bonds. The van der Waals surface area contributed by atoms with Crippen molar-refractivity contribution in [3.05, 3.63) is 88.1 Å². The van der Waals surface area contributed by atoms with Crippen LogP contribution < -0.4 is 60.0 Å². The lowest BCUT2D eigenvalue weighted by atomic mass is 9.92. The standard InChI is InChI=1S/C18H17FN4O2S.C15H18N6O6S.C11H11Cl2NO2.C8H14ClN5.C5H12NO4P/c1-4-5-22-13-7-12(11(19)6-14(13)25-9-16(22)24)20-17-23-10-18(2,3)8-15(23)21-26-17;1-21(2)13(22)9-6-5-7-16-12(9)28(24,25)20-15(23)19-14-17-10(26-3)8-11(18-14)27-4;1-7-6-16-9-5-3-2-4-8(9)14(7)11(15)10(12)13;1-4-10-7-12-6(9)13-8(14-7)11-5(2)3;1-11(9,10)3-2-4(6)5(7)8/h1,6-7H,5,8-10H2,2-3H3;5-8H,1-4H3,(H2,17,18,19,20,23);2-5,7,10H,6H2,1H3;5H,4H2,1-3H3,(H2,10,11,12,13,14);4H,2-3,6H2,1H3,(H,7,8)(H,9,10)/b20-17-;;;;. The summed E-state index contributed by atoms with van der Waals surface area (Å²) in [6.45, 7) is 15.3. The Balaban J connectivity index is 0.000000224. The van der Waals surface area contributed by atoms with Gasteiger partial charge in [-0.2, -0.15) is 37.7 Å². The molecule has 0 bridgehead atoms. The molecule has 0 radical (unpaired) electrons. The molecule has 6 aromatic rings. The molecule has 3 unspecified atom stereocenters. The third-order valence-electron chi connectivity index (χ3n) is 12.6. The van der Waals surface area contributed by atoms with E-state index in [1.165, 1.54) is 92.8 Å². The first-order chi connectivity index (χ1) is 44.6. The van der Waals surface area contributed by atoms with Crippen LogP contribution in [0.4, 0.5) is 44.1 Å². The van der Waals surface area contributed by atoms with E-state index in [0.717, 1.165) is 31.0 Å². The molecular formula is C57H72Cl3FN17O14PS2. The van der Waals surface area contributed by atoms with E-state index in [0.29, 0.717) is 40.5 Å². The van der Waals surface area contributed by atoms with Crippen molar-refractivity contribution in [2.24, 2.45) is 16.1 Å². The van der Waals surface area contributed by atoms with Gasteiger partial charge >= 0.3 is 12.0 Å². The number of nitrogens with zero attached hydrogens (tertiary/aromatic N) is 12. The number of methoxy groups -OCH3 is 2. The number of hydrogen-bond acceptors (Lipinski definition) is 24. The minimum Gasteiger partial charge on any atom is -0.489 e. The van der Waals surface area contributed by atoms with Gasteiger partial charge in [-0.15, -0.1) is 6.42 Å². The van der Waals surface area contributed by atoms with E-state index in [1.807, 2.05) is 56.5 Å². The second-order valence-corrected chi connectivity index (χ2v) is 28.1. The van der Waals surface area contributed by atoms with Crippen molar-refractivity contribution in [1.82, 2.24) is 48.5 Å². The number of amides is 5. The fourth-order valence-corrected chi connectivity index (χ4v) is 11.3. The molecule has 2 aromatic carbocycles. The summed E-state index contributed by atoms with van der Waals surface area (Å²) >= 11 is 18.2. The molecule has 514 valence electrons. The number of anilines is 5. The first-order valence-electron chi connectivity index (χ1n) is 28.4. The number of rotatable bonds is 17. The van der Waals surface area contributed by atoms with Crippen LogP contribution in [-0.2, 0) is 41.9 Å². The number of para-hydroxylation sites is 2. The summed E-state index contributed by atoms with van der Waals surface area (Å²) in [5, 5.41) is 16.1. The van der Waals surface area contributed by atoms with Crippen molar-refractivity contribution in [2.75, 3.05) is 93.2 Å². The minimum atomic E-state index is -4.46. The SMILES string of the molecule is C#CCN1C(=O)COc2cc(F)c(/N=c3\snc4n3CC(C)(C)C4)cc21.CC1COc2ccccc2N1C(=O)C(Cl)Cl.CCNc1nc(Cl)nc(NC(C)C)n1.COc1cc(OC)nc(NC(=O)NS(=O)(=O)c2ncccc2C(=O)N(C)C)n1.CP(=O)(O)CCC(N)C(=O)O. The summed E-state index contributed by atoms with van der Waals surface area (Å²) in [4.78, 5) is 98.8. The first-order valence-corrected chi connectivity index (χ1v) is 34.2. The van der Waals surface area contributed by atoms with Crippen LogP contribution in [0.2, 0.25) is 5.28 Å². The molecule has 3 aliphatic heterocycles. The summed E-state index contributed by atoms with van der Waals surface area (Å²) in [5.41, 5.74) is 6.30. The largest absolute Gasteiger partial charge is 0.489 e. The van der Waals surface area contributed by atoms with Crippen LogP contribution in [0.5, 0.6) is 23.3 Å². The Morgan fingerprint density at radius 3 is 2.26 bits per heavy atom. The molecule has 9 rings (SSSR count).